The predicted molar refractivity (Wildman–Crippen MR) is 76.1 cm³/mol. The first-order valence-corrected chi connectivity index (χ1v) is 7.08. The van der Waals surface area contributed by atoms with E-state index < -0.39 is 0 Å². The molecule has 5 heteroatoms. The van der Waals surface area contributed by atoms with Crippen LogP contribution in [0.4, 0.5) is 11.5 Å². The first-order valence-electron chi connectivity index (χ1n) is 7.08. The predicted octanol–water partition coefficient (Wildman–Crippen LogP) is 1.20. The smallest absolute Gasteiger partial charge is 0.251 e. The highest BCUT2D eigenvalue weighted by Crippen LogP contribution is 2.24. The first-order chi connectivity index (χ1) is 9.24. The Morgan fingerprint density at radius 1 is 1.26 bits per heavy atom. The molecule has 1 aromatic rings. The van der Waals surface area contributed by atoms with Gasteiger partial charge < -0.3 is 19.5 Å². The third-order valence-electron chi connectivity index (χ3n) is 3.96. The summed E-state index contributed by atoms with van der Waals surface area (Å²) in [6.45, 7) is 6.53. The molecule has 104 valence electrons. The number of H-pyrrole nitrogens is 1. The average molecular weight is 263 g/mol. The zero-order valence-corrected chi connectivity index (χ0v) is 11.4. The maximum Gasteiger partial charge on any atom is 0.251 e. The molecule has 0 radical (unpaired) electrons. The van der Waals surface area contributed by atoms with Crippen LogP contribution in [0.5, 0.6) is 0 Å². The number of rotatable bonds is 2. The van der Waals surface area contributed by atoms with E-state index in [-0.39, 0.29) is 5.56 Å². The van der Waals surface area contributed by atoms with E-state index in [1.54, 1.807) is 6.07 Å². The molecule has 0 saturated carbocycles. The van der Waals surface area contributed by atoms with Crippen LogP contribution >= 0.6 is 0 Å². The monoisotopic (exact) mass is 263 g/mol. The minimum atomic E-state index is -0.0157. The molecule has 0 aliphatic carbocycles. The number of ether oxygens (including phenoxy) is 1. The van der Waals surface area contributed by atoms with Gasteiger partial charge in [0.25, 0.3) is 5.56 Å². The van der Waals surface area contributed by atoms with Crippen molar-refractivity contribution in [2.24, 2.45) is 0 Å². The number of nitrogens with one attached hydrogen (secondary N) is 1. The van der Waals surface area contributed by atoms with E-state index in [1.807, 2.05) is 0 Å². The molecule has 0 bridgehead atoms. The molecule has 0 spiro atoms. The molecule has 1 N–H and O–H groups in total. The number of morpholine rings is 1. The number of aromatic nitrogens is 1. The lowest BCUT2D eigenvalue weighted by atomic mass is 10.2. The number of aromatic amines is 1. The van der Waals surface area contributed by atoms with Gasteiger partial charge in [-0.25, -0.2) is 0 Å². The van der Waals surface area contributed by atoms with Crippen molar-refractivity contribution in [1.82, 2.24) is 4.98 Å². The molecular formula is C14H21N3O2. The van der Waals surface area contributed by atoms with Crippen LogP contribution in [0, 0.1) is 0 Å². The minimum absolute atomic E-state index is 0.0157. The lowest BCUT2D eigenvalue weighted by molar-refractivity contribution is 0.0989. The number of anilines is 2. The molecule has 1 unspecified atom stereocenters. The topological polar surface area (TPSA) is 48.6 Å². The Kier molecular flexibility index (Phi) is 3.46. The van der Waals surface area contributed by atoms with E-state index in [1.165, 1.54) is 12.8 Å². The second-order valence-electron chi connectivity index (χ2n) is 5.40. The van der Waals surface area contributed by atoms with Crippen molar-refractivity contribution in [3.8, 4) is 0 Å². The average Bonchev–Trinajstić information content (AvgIpc) is 2.92. The third-order valence-corrected chi connectivity index (χ3v) is 3.96. The molecule has 2 aliphatic heterocycles. The summed E-state index contributed by atoms with van der Waals surface area (Å²) in [6.07, 6.45) is 2.42. The quantitative estimate of drug-likeness (QED) is 0.871. The van der Waals surface area contributed by atoms with Crippen LogP contribution < -0.4 is 15.4 Å². The molecule has 19 heavy (non-hydrogen) atoms. The van der Waals surface area contributed by atoms with Crippen LogP contribution in [0.3, 0.4) is 0 Å². The SMILES string of the molecule is CC1COCCN1c1cc(N2CCCC2)[nH]c(=O)c1. The Labute approximate surface area is 113 Å². The molecule has 0 amide bonds. The highest BCUT2D eigenvalue weighted by molar-refractivity contribution is 5.56. The largest absolute Gasteiger partial charge is 0.377 e. The van der Waals surface area contributed by atoms with Crippen LogP contribution in [0.15, 0.2) is 16.9 Å². The van der Waals surface area contributed by atoms with E-state index in [2.05, 4.69) is 27.8 Å². The molecule has 3 rings (SSSR count). The van der Waals surface area contributed by atoms with Gasteiger partial charge in [0.1, 0.15) is 5.82 Å². The van der Waals surface area contributed by atoms with Gasteiger partial charge in [-0.1, -0.05) is 0 Å². The molecule has 3 heterocycles. The zero-order valence-electron chi connectivity index (χ0n) is 11.4. The van der Waals surface area contributed by atoms with Crippen LogP contribution in [-0.4, -0.2) is 43.9 Å². The van der Waals surface area contributed by atoms with Crippen LogP contribution in [0.2, 0.25) is 0 Å². The summed E-state index contributed by atoms with van der Waals surface area (Å²) in [5, 5.41) is 0. The van der Waals surface area contributed by atoms with Crippen LogP contribution in [0.25, 0.3) is 0 Å². The fourth-order valence-electron chi connectivity index (χ4n) is 2.92. The highest BCUT2D eigenvalue weighted by atomic mass is 16.5. The van der Waals surface area contributed by atoms with Gasteiger partial charge in [0.05, 0.1) is 13.2 Å². The van der Waals surface area contributed by atoms with Crippen molar-refractivity contribution in [2.75, 3.05) is 42.6 Å². The molecule has 2 saturated heterocycles. The van der Waals surface area contributed by atoms with Gasteiger partial charge in [0.15, 0.2) is 0 Å². The number of pyridine rings is 1. The lowest BCUT2D eigenvalue weighted by Crippen LogP contribution is -2.44. The van der Waals surface area contributed by atoms with Crippen molar-refractivity contribution >= 4 is 11.5 Å². The summed E-state index contributed by atoms with van der Waals surface area (Å²) in [4.78, 5) is 19.4. The van der Waals surface area contributed by atoms with Crippen LogP contribution in [-0.2, 0) is 4.74 Å². The van der Waals surface area contributed by atoms with E-state index in [9.17, 15) is 4.79 Å². The molecule has 2 fully saturated rings. The Bertz CT molecular complexity index is 494. The number of hydrogen-bond donors (Lipinski definition) is 1. The summed E-state index contributed by atoms with van der Waals surface area (Å²) >= 11 is 0. The van der Waals surface area contributed by atoms with Gasteiger partial charge in [-0.2, -0.15) is 0 Å². The summed E-state index contributed by atoms with van der Waals surface area (Å²) in [5.74, 6) is 0.957. The van der Waals surface area contributed by atoms with Gasteiger partial charge in [0.2, 0.25) is 0 Å². The Hall–Kier alpha value is -1.49. The minimum Gasteiger partial charge on any atom is -0.377 e. The van der Waals surface area contributed by atoms with Crippen molar-refractivity contribution in [1.29, 1.82) is 0 Å². The van der Waals surface area contributed by atoms with Gasteiger partial charge in [-0.05, 0) is 19.8 Å². The fourth-order valence-corrected chi connectivity index (χ4v) is 2.92. The summed E-state index contributed by atoms with van der Waals surface area (Å²) in [7, 11) is 0. The van der Waals surface area contributed by atoms with E-state index in [4.69, 9.17) is 4.74 Å². The molecule has 1 aromatic heterocycles. The van der Waals surface area contributed by atoms with Gasteiger partial charge in [-0.3, -0.25) is 4.79 Å². The lowest BCUT2D eigenvalue weighted by Gasteiger charge is -2.35. The molecule has 0 aromatic carbocycles. The van der Waals surface area contributed by atoms with Crippen molar-refractivity contribution < 1.29 is 4.74 Å². The Balaban J connectivity index is 1.90. The van der Waals surface area contributed by atoms with Crippen LogP contribution in [0.1, 0.15) is 19.8 Å². The molecule has 1 atom stereocenters. The second-order valence-corrected chi connectivity index (χ2v) is 5.40. The van der Waals surface area contributed by atoms with Gasteiger partial charge >= 0.3 is 0 Å². The van der Waals surface area contributed by atoms with Gasteiger partial charge in [-0.15, -0.1) is 0 Å². The van der Waals surface area contributed by atoms with E-state index in [0.29, 0.717) is 6.04 Å². The molecule has 2 aliphatic rings. The summed E-state index contributed by atoms with van der Waals surface area (Å²) in [5.41, 5.74) is 1.000. The molecule has 5 nitrogen and oxygen atoms in total. The third kappa shape index (κ3) is 2.61. The summed E-state index contributed by atoms with van der Waals surface area (Å²) in [6, 6.07) is 4.12. The normalized spacial score (nSPS) is 23.9. The van der Waals surface area contributed by atoms with E-state index in [0.717, 1.165) is 44.4 Å². The standard InChI is InChI=1S/C14H21N3O2/c1-11-10-19-7-6-17(11)12-8-13(15-14(18)9-12)16-4-2-3-5-16/h8-9,11H,2-7,10H2,1H3,(H,15,18). The van der Waals surface area contributed by atoms with Gasteiger partial charge in [0, 0.05) is 43.5 Å². The van der Waals surface area contributed by atoms with Crippen molar-refractivity contribution in [2.45, 2.75) is 25.8 Å². The maximum absolute atomic E-state index is 11.9. The Morgan fingerprint density at radius 2 is 2.05 bits per heavy atom. The van der Waals surface area contributed by atoms with Crippen molar-refractivity contribution in [3.63, 3.8) is 0 Å². The number of hydrogen-bond acceptors (Lipinski definition) is 4. The maximum atomic E-state index is 11.9. The molecular weight excluding hydrogens is 242 g/mol. The second kappa shape index (κ2) is 5.25. The summed E-state index contributed by atoms with van der Waals surface area (Å²) < 4.78 is 5.46. The van der Waals surface area contributed by atoms with E-state index >= 15 is 0 Å². The highest BCUT2D eigenvalue weighted by Gasteiger charge is 2.21. The fraction of sp³-hybridized carbons (Fsp3) is 0.643. The zero-order chi connectivity index (χ0) is 13.2. The Morgan fingerprint density at radius 3 is 2.79 bits per heavy atom. The number of nitrogens with zero attached hydrogens (tertiary/aromatic N) is 2. The van der Waals surface area contributed by atoms with Crippen molar-refractivity contribution in [3.05, 3.63) is 22.5 Å². The first kappa shape index (κ1) is 12.5.